The molecule has 0 radical (unpaired) electrons. The number of rotatable bonds is 2. The Bertz CT molecular complexity index is 484. The van der Waals surface area contributed by atoms with Crippen LogP contribution in [0.4, 0.5) is 0 Å². The number of benzene rings is 1. The topological polar surface area (TPSA) is 34.1 Å². The summed E-state index contributed by atoms with van der Waals surface area (Å²) in [4.78, 5) is 0.240. The lowest BCUT2D eigenvalue weighted by molar-refractivity contribution is 0.585. The maximum absolute atomic E-state index is 11.5. The average molecular weight is 261 g/mol. The highest BCUT2D eigenvalue weighted by molar-refractivity contribution is 8.13. The second kappa shape index (κ2) is 4.38. The first-order chi connectivity index (χ1) is 7.16. The van der Waals surface area contributed by atoms with E-state index < -0.39 is 9.05 Å². The second-order valence-corrected chi connectivity index (χ2v) is 7.40. The summed E-state index contributed by atoms with van der Waals surface area (Å²) in [5.74, 6) is 0. The third kappa shape index (κ3) is 2.98. The smallest absolute Gasteiger partial charge is 0.207 e. The largest absolute Gasteiger partial charge is 0.261 e. The minimum absolute atomic E-state index is 0.0808. The number of aryl methyl sites for hydroxylation is 1. The van der Waals surface area contributed by atoms with Gasteiger partial charge in [-0.2, -0.15) is 0 Å². The molecular formula is C12H17ClO2S. The minimum atomic E-state index is -3.66. The Hall–Kier alpha value is -0.540. The Balaban J connectivity index is 3.46. The summed E-state index contributed by atoms with van der Waals surface area (Å²) in [5.41, 5.74) is 1.66. The van der Waals surface area contributed by atoms with E-state index in [1.165, 1.54) is 0 Å². The summed E-state index contributed by atoms with van der Waals surface area (Å²) < 4.78 is 22.9. The molecule has 1 rings (SSSR count). The van der Waals surface area contributed by atoms with Crippen molar-refractivity contribution < 1.29 is 8.42 Å². The summed E-state index contributed by atoms with van der Waals surface area (Å²) in [5, 5.41) is 0. The Morgan fingerprint density at radius 3 is 2.19 bits per heavy atom. The maximum Gasteiger partial charge on any atom is 0.261 e. The van der Waals surface area contributed by atoms with Crippen LogP contribution in [-0.4, -0.2) is 8.42 Å². The fourth-order valence-corrected chi connectivity index (χ4v) is 2.76. The normalized spacial score (nSPS) is 12.8. The first-order valence-corrected chi connectivity index (χ1v) is 7.55. The molecule has 0 amide bonds. The van der Waals surface area contributed by atoms with Crippen molar-refractivity contribution in [3.8, 4) is 0 Å². The molecule has 2 nitrogen and oxygen atoms in total. The molecule has 0 atom stereocenters. The van der Waals surface area contributed by atoms with Gasteiger partial charge in [0.1, 0.15) is 0 Å². The van der Waals surface area contributed by atoms with Crippen LogP contribution in [0.15, 0.2) is 23.1 Å². The number of halogens is 1. The van der Waals surface area contributed by atoms with E-state index in [0.29, 0.717) is 6.42 Å². The SMILES string of the molecule is CCc1ccc(C(C)(C)C)cc1S(=O)(=O)Cl. The average Bonchev–Trinajstić information content (AvgIpc) is 2.14. The first kappa shape index (κ1) is 13.5. The Labute approximate surface area is 102 Å². The van der Waals surface area contributed by atoms with Crippen molar-refractivity contribution in [2.24, 2.45) is 0 Å². The predicted molar refractivity (Wildman–Crippen MR) is 67.6 cm³/mol. The molecule has 1 aromatic rings. The van der Waals surface area contributed by atoms with Gasteiger partial charge in [-0.05, 0) is 29.0 Å². The predicted octanol–water partition coefficient (Wildman–Crippen LogP) is 3.47. The van der Waals surface area contributed by atoms with E-state index in [4.69, 9.17) is 10.7 Å². The van der Waals surface area contributed by atoms with E-state index >= 15 is 0 Å². The molecule has 0 aliphatic carbocycles. The quantitative estimate of drug-likeness (QED) is 0.763. The van der Waals surface area contributed by atoms with Gasteiger partial charge in [0.15, 0.2) is 0 Å². The van der Waals surface area contributed by atoms with Gasteiger partial charge in [-0.1, -0.05) is 39.8 Å². The van der Waals surface area contributed by atoms with E-state index in [0.717, 1.165) is 11.1 Å². The van der Waals surface area contributed by atoms with Gasteiger partial charge < -0.3 is 0 Å². The van der Waals surface area contributed by atoms with Crippen LogP contribution in [0, 0.1) is 0 Å². The van der Waals surface area contributed by atoms with E-state index in [-0.39, 0.29) is 10.3 Å². The highest BCUT2D eigenvalue weighted by atomic mass is 35.7. The molecule has 16 heavy (non-hydrogen) atoms. The van der Waals surface area contributed by atoms with Crippen molar-refractivity contribution in [2.75, 3.05) is 0 Å². The summed E-state index contributed by atoms with van der Waals surface area (Å²) >= 11 is 0. The number of hydrogen-bond donors (Lipinski definition) is 0. The molecule has 0 aliphatic heterocycles. The molecule has 0 bridgehead atoms. The van der Waals surface area contributed by atoms with Crippen LogP contribution in [-0.2, 0) is 20.9 Å². The van der Waals surface area contributed by atoms with Gasteiger partial charge in [0, 0.05) is 10.7 Å². The van der Waals surface area contributed by atoms with Crippen LogP contribution in [0.25, 0.3) is 0 Å². The van der Waals surface area contributed by atoms with Crippen LogP contribution < -0.4 is 0 Å². The molecule has 0 fully saturated rings. The highest BCUT2D eigenvalue weighted by Gasteiger charge is 2.20. The Kier molecular flexibility index (Phi) is 3.70. The maximum atomic E-state index is 11.5. The zero-order chi connectivity index (χ0) is 12.6. The van der Waals surface area contributed by atoms with Gasteiger partial charge in [0.05, 0.1) is 4.90 Å². The monoisotopic (exact) mass is 260 g/mol. The molecule has 1 aromatic carbocycles. The summed E-state index contributed by atoms with van der Waals surface area (Å²) in [6.07, 6.45) is 0.658. The first-order valence-electron chi connectivity index (χ1n) is 5.24. The standard InChI is InChI=1S/C12H17ClO2S/c1-5-9-6-7-10(12(2,3)4)8-11(9)16(13,14)15/h6-8H,5H2,1-4H3. The van der Waals surface area contributed by atoms with Crippen molar-refractivity contribution in [3.05, 3.63) is 29.3 Å². The lowest BCUT2D eigenvalue weighted by Gasteiger charge is -2.20. The lowest BCUT2D eigenvalue weighted by atomic mass is 9.86. The van der Waals surface area contributed by atoms with Crippen molar-refractivity contribution in [1.29, 1.82) is 0 Å². The molecule has 4 heteroatoms. The molecule has 0 heterocycles. The van der Waals surface area contributed by atoms with Gasteiger partial charge in [-0.15, -0.1) is 0 Å². The van der Waals surface area contributed by atoms with Crippen LogP contribution in [0.2, 0.25) is 0 Å². The van der Waals surface area contributed by atoms with Gasteiger partial charge in [-0.3, -0.25) is 0 Å². The van der Waals surface area contributed by atoms with Gasteiger partial charge >= 0.3 is 0 Å². The Morgan fingerprint density at radius 2 is 1.81 bits per heavy atom. The lowest BCUT2D eigenvalue weighted by Crippen LogP contribution is -2.12. The fraction of sp³-hybridized carbons (Fsp3) is 0.500. The van der Waals surface area contributed by atoms with Crippen LogP contribution in [0.1, 0.15) is 38.8 Å². The summed E-state index contributed by atoms with van der Waals surface area (Å²) in [6.45, 7) is 8.04. The van der Waals surface area contributed by atoms with Crippen LogP contribution in [0.3, 0.4) is 0 Å². The van der Waals surface area contributed by atoms with E-state index in [2.05, 4.69) is 0 Å². The zero-order valence-corrected chi connectivity index (χ0v) is 11.6. The van der Waals surface area contributed by atoms with Gasteiger partial charge in [0.2, 0.25) is 0 Å². The van der Waals surface area contributed by atoms with E-state index in [9.17, 15) is 8.42 Å². The third-order valence-electron chi connectivity index (χ3n) is 2.58. The highest BCUT2D eigenvalue weighted by Crippen LogP contribution is 2.28. The third-order valence-corrected chi connectivity index (χ3v) is 3.98. The molecule has 0 aromatic heterocycles. The molecule has 0 unspecified atom stereocenters. The van der Waals surface area contributed by atoms with Crippen molar-refractivity contribution in [2.45, 2.75) is 44.4 Å². The summed E-state index contributed by atoms with van der Waals surface area (Å²) in [7, 11) is 1.78. The fourth-order valence-electron chi connectivity index (χ4n) is 1.54. The zero-order valence-electron chi connectivity index (χ0n) is 10.0. The van der Waals surface area contributed by atoms with Gasteiger partial charge in [0.25, 0.3) is 9.05 Å². The van der Waals surface area contributed by atoms with E-state index in [1.807, 2.05) is 39.8 Å². The molecule has 0 spiro atoms. The molecule has 0 aliphatic rings. The molecule has 0 N–H and O–H groups in total. The second-order valence-electron chi connectivity index (χ2n) is 4.86. The van der Waals surface area contributed by atoms with Crippen molar-refractivity contribution >= 4 is 19.7 Å². The molecule has 0 saturated heterocycles. The van der Waals surface area contributed by atoms with Crippen molar-refractivity contribution in [3.63, 3.8) is 0 Å². The number of hydrogen-bond acceptors (Lipinski definition) is 2. The summed E-state index contributed by atoms with van der Waals surface area (Å²) in [6, 6.07) is 5.49. The van der Waals surface area contributed by atoms with E-state index in [1.54, 1.807) is 6.07 Å². The van der Waals surface area contributed by atoms with Gasteiger partial charge in [-0.25, -0.2) is 8.42 Å². The minimum Gasteiger partial charge on any atom is -0.207 e. The molecular weight excluding hydrogens is 244 g/mol. The molecule has 90 valence electrons. The van der Waals surface area contributed by atoms with Crippen LogP contribution >= 0.6 is 10.7 Å². The molecule has 0 saturated carbocycles. The Morgan fingerprint density at radius 1 is 1.25 bits per heavy atom. The van der Waals surface area contributed by atoms with Crippen LogP contribution in [0.5, 0.6) is 0 Å². The van der Waals surface area contributed by atoms with Crippen molar-refractivity contribution in [1.82, 2.24) is 0 Å².